The van der Waals surface area contributed by atoms with Crippen molar-refractivity contribution < 1.29 is 24.2 Å². The van der Waals surface area contributed by atoms with E-state index in [2.05, 4.69) is 45.1 Å². The van der Waals surface area contributed by atoms with Gasteiger partial charge in [0.1, 0.15) is 12.6 Å². The minimum atomic E-state index is -1.05. The zero-order valence-electron chi connectivity index (χ0n) is 28.3. The number of aliphatic hydroxyl groups is 1. The Hall–Kier alpha value is -4.33. The molecule has 4 rings (SSSR count). The summed E-state index contributed by atoms with van der Waals surface area (Å²) in [6.07, 6.45) is 0.829. The van der Waals surface area contributed by atoms with Crippen molar-refractivity contribution >= 4 is 40.7 Å². The normalized spacial score (nSPS) is 13.7. The summed E-state index contributed by atoms with van der Waals surface area (Å²) in [5.41, 5.74) is 4.31. The molecule has 0 aliphatic rings. The van der Waals surface area contributed by atoms with Gasteiger partial charge in [-0.3, -0.25) is 9.78 Å². The number of ether oxygens (including phenoxy) is 1. The lowest BCUT2D eigenvalue weighted by atomic mass is 9.93. The van der Waals surface area contributed by atoms with E-state index >= 15 is 0 Å². The molecule has 0 spiro atoms. The Bertz CT molecular complexity index is 1580. The van der Waals surface area contributed by atoms with Crippen molar-refractivity contribution in [3.05, 3.63) is 104 Å². The first kappa shape index (κ1) is 37.5. The Balaban J connectivity index is 1.44. The molecule has 2 aromatic heterocycles. The molecule has 0 saturated carbocycles. The molecule has 0 unspecified atom stereocenters. The molecule has 0 aliphatic carbocycles. The van der Waals surface area contributed by atoms with E-state index < -0.39 is 36.4 Å². The maximum absolute atomic E-state index is 13.8. The first-order chi connectivity index (χ1) is 23.6. The average Bonchev–Trinajstić information content (AvgIpc) is 3.79. The van der Waals surface area contributed by atoms with Gasteiger partial charge in [0.25, 0.3) is 0 Å². The summed E-state index contributed by atoms with van der Waals surface area (Å²) in [4.78, 5) is 48.9. The van der Waals surface area contributed by atoms with Crippen molar-refractivity contribution in [3.8, 4) is 0 Å². The SMILES string of the molecule is CC(C)c1nc(CNC(=O)N[C@H](C(=O)N[C@@H](Cc2ccccc2)C[C@H](O)[C@H](Cc2ccccc2)NC(=O)OCc2cncs2)C(C)C)cs1. The second-order valence-electron chi connectivity index (χ2n) is 12.6. The van der Waals surface area contributed by atoms with E-state index in [-0.39, 0.29) is 31.4 Å². The zero-order chi connectivity index (χ0) is 35.2. The monoisotopic (exact) mass is 706 g/mol. The number of aliphatic hydroxyl groups excluding tert-OH is 1. The third kappa shape index (κ3) is 12.6. The lowest BCUT2D eigenvalue weighted by Gasteiger charge is -2.30. The zero-order valence-corrected chi connectivity index (χ0v) is 29.9. The van der Waals surface area contributed by atoms with Crippen molar-refractivity contribution in [1.29, 1.82) is 0 Å². The van der Waals surface area contributed by atoms with Gasteiger partial charge in [0.2, 0.25) is 5.91 Å². The van der Waals surface area contributed by atoms with Gasteiger partial charge < -0.3 is 31.1 Å². The van der Waals surface area contributed by atoms with Crippen LogP contribution in [0.1, 0.15) is 66.7 Å². The molecule has 0 bridgehead atoms. The summed E-state index contributed by atoms with van der Waals surface area (Å²) in [6, 6.07) is 16.7. The largest absolute Gasteiger partial charge is 0.444 e. The van der Waals surface area contributed by atoms with Crippen LogP contribution < -0.4 is 21.3 Å². The average molecular weight is 707 g/mol. The third-order valence-corrected chi connectivity index (χ3v) is 9.77. The first-order valence-corrected chi connectivity index (χ1v) is 18.2. The van der Waals surface area contributed by atoms with Crippen LogP contribution in [0.5, 0.6) is 0 Å². The molecule has 262 valence electrons. The van der Waals surface area contributed by atoms with Gasteiger partial charge in [-0.15, -0.1) is 22.7 Å². The number of hydrogen-bond acceptors (Lipinski definition) is 9. The van der Waals surface area contributed by atoms with Crippen molar-refractivity contribution in [2.24, 2.45) is 5.92 Å². The minimum absolute atomic E-state index is 0.0667. The van der Waals surface area contributed by atoms with E-state index in [1.54, 1.807) is 23.0 Å². The fourth-order valence-corrected chi connectivity index (χ4v) is 6.54. The van der Waals surface area contributed by atoms with Crippen LogP contribution in [0.15, 0.2) is 77.8 Å². The highest BCUT2D eigenvalue weighted by molar-refractivity contribution is 7.09. The Morgan fingerprint density at radius 2 is 1.55 bits per heavy atom. The van der Waals surface area contributed by atoms with Gasteiger partial charge in [0, 0.05) is 23.5 Å². The fourth-order valence-electron chi connectivity index (χ4n) is 5.20. The summed E-state index contributed by atoms with van der Waals surface area (Å²) in [5.74, 6) is -0.289. The number of urea groups is 1. The highest BCUT2D eigenvalue weighted by atomic mass is 32.1. The van der Waals surface area contributed by atoms with Gasteiger partial charge in [0.15, 0.2) is 0 Å². The quantitative estimate of drug-likeness (QED) is 0.0963. The maximum atomic E-state index is 13.8. The standard InChI is InChI=1S/C36H46N6O5S2/c1-23(2)32(42-35(45)38-18-28-21-48-34(40-28)24(3)4)33(44)39-27(15-25-11-7-5-8-12-25)17-31(43)30(16-26-13-9-6-10-14-26)41-36(46)47-20-29-19-37-22-49-29/h5-14,19,21-24,27,30-32,43H,15-18,20H2,1-4H3,(H,39,44)(H,41,46)(H2,38,42,45)/t27-,30-,31-,32-/m0/s1. The summed E-state index contributed by atoms with van der Waals surface area (Å²) in [6.45, 7) is 8.16. The van der Waals surface area contributed by atoms with Crippen molar-refractivity contribution in [2.75, 3.05) is 0 Å². The van der Waals surface area contributed by atoms with E-state index in [4.69, 9.17) is 4.74 Å². The van der Waals surface area contributed by atoms with Crippen LogP contribution in [0.4, 0.5) is 9.59 Å². The summed E-state index contributed by atoms with van der Waals surface area (Å²) in [5, 5.41) is 26.1. The van der Waals surface area contributed by atoms with Crippen molar-refractivity contribution in [2.45, 2.75) is 90.3 Å². The molecule has 0 aliphatic heterocycles. The number of nitrogens with zero attached hydrogens (tertiary/aromatic N) is 2. The Labute approximate surface area is 295 Å². The smallest absolute Gasteiger partial charge is 0.407 e. The summed E-state index contributed by atoms with van der Waals surface area (Å²) < 4.78 is 5.41. The van der Waals surface area contributed by atoms with Crippen LogP contribution in [0.3, 0.4) is 0 Å². The molecule has 4 amide bonds. The molecule has 13 heteroatoms. The second-order valence-corrected chi connectivity index (χ2v) is 14.4. The molecule has 0 fully saturated rings. The van der Waals surface area contributed by atoms with Crippen LogP contribution in [-0.2, 0) is 35.5 Å². The molecular weight excluding hydrogens is 661 g/mol. The number of rotatable bonds is 17. The van der Waals surface area contributed by atoms with Gasteiger partial charge >= 0.3 is 12.1 Å². The van der Waals surface area contributed by atoms with E-state index in [0.717, 1.165) is 26.7 Å². The summed E-state index contributed by atoms with van der Waals surface area (Å²) >= 11 is 2.93. The molecule has 4 aromatic rings. The van der Waals surface area contributed by atoms with Gasteiger partial charge in [-0.1, -0.05) is 88.4 Å². The lowest BCUT2D eigenvalue weighted by Crippen LogP contribution is -2.55. The minimum Gasteiger partial charge on any atom is -0.444 e. The van der Waals surface area contributed by atoms with E-state index in [1.165, 1.54) is 11.3 Å². The van der Waals surface area contributed by atoms with E-state index in [1.807, 2.05) is 79.9 Å². The Morgan fingerprint density at radius 3 is 2.14 bits per heavy atom. The van der Waals surface area contributed by atoms with Gasteiger partial charge in [0.05, 0.1) is 39.8 Å². The number of carbonyl (C=O) groups is 3. The molecular formula is C36H46N6O5S2. The van der Waals surface area contributed by atoms with Gasteiger partial charge in [-0.2, -0.15) is 0 Å². The number of thiazole rings is 2. The highest BCUT2D eigenvalue weighted by Crippen LogP contribution is 2.19. The van der Waals surface area contributed by atoms with Crippen LogP contribution in [0.2, 0.25) is 0 Å². The number of nitrogens with one attached hydrogen (secondary N) is 4. The van der Waals surface area contributed by atoms with Crippen LogP contribution in [0.25, 0.3) is 0 Å². The topological polar surface area (TPSA) is 155 Å². The molecule has 0 radical (unpaired) electrons. The molecule has 11 nitrogen and oxygen atoms in total. The molecule has 4 atom stereocenters. The summed E-state index contributed by atoms with van der Waals surface area (Å²) in [7, 11) is 0. The van der Waals surface area contributed by atoms with E-state index in [9.17, 15) is 19.5 Å². The molecule has 5 N–H and O–H groups in total. The molecule has 2 aromatic carbocycles. The molecule has 2 heterocycles. The predicted octanol–water partition coefficient (Wildman–Crippen LogP) is 5.56. The number of aromatic nitrogens is 2. The third-order valence-electron chi connectivity index (χ3n) is 7.82. The van der Waals surface area contributed by atoms with Crippen molar-refractivity contribution in [1.82, 2.24) is 31.2 Å². The number of amides is 4. The van der Waals surface area contributed by atoms with Crippen LogP contribution in [-0.4, -0.2) is 57.3 Å². The lowest BCUT2D eigenvalue weighted by molar-refractivity contribution is -0.124. The highest BCUT2D eigenvalue weighted by Gasteiger charge is 2.30. The number of hydrogen-bond donors (Lipinski definition) is 5. The first-order valence-electron chi connectivity index (χ1n) is 16.4. The van der Waals surface area contributed by atoms with Gasteiger partial charge in [-0.25, -0.2) is 14.6 Å². The van der Waals surface area contributed by atoms with E-state index in [0.29, 0.717) is 18.8 Å². The second kappa shape index (κ2) is 19.0. The predicted molar refractivity (Wildman–Crippen MR) is 192 cm³/mol. The Kier molecular flexibility index (Phi) is 14.5. The molecule has 0 saturated heterocycles. The number of carbonyl (C=O) groups excluding carboxylic acids is 3. The number of benzene rings is 2. The van der Waals surface area contributed by atoms with Crippen LogP contribution in [0, 0.1) is 5.92 Å². The number of alkyl carbamates (subject to hydrolysis) is 1. The van der Waals surface area contributed by atoms with Crippen molar-refractivity contribution in [3.63, 3.8) is 0 Å². The fraction of sp³-hybridized carbons (Fsp3) is 0.417. The maximum Gasteiger partial charge on any atom is 0.407 e. The molecule has 49 heavy (non-hydrogen) atoms. The van der Waals surface area contributed by atoms with Gasteiger partial charge in [-0.05, 0) is 36.3 Å². The Morgan fingerprint density at radius 1 is 0.878 bits per heavy atom. The van der Waals surface area contributed by atoms with Crippen LogP contribution >= 0.6 is 22.7 Å².